The minimum atomic E-state index is -1.36. The number of hydrogen-bond donors (Lipinski definition) is 8. The quantitative estimate of drug-likeness (QED) is 0.154. The van der Waals surface area contributed by atoms with Gasteiger partial charge in [-0.05, 0) is 43.5 Å². The zero-order valence-electron chi connectivity index (χ0n) is 18.9. The highest BCUT2D eigenvalue weighted by molar-refractivity contribution is 7.80. The van der Waals surface area contributed by atoms with E-state index in [4.69, 9.17) is 10.2 Å². The standard InChI is InChI=1S/C22H30N4O8S/c27-13-5-3-12(4-6-13)10-16(25-19(30)14-2-1-9-23-14)21(32)24-15(7-8-18(28)29)20(31)26-17(11-35)22(33)34/h3-6,14-17,23,27,35H,1-2,7-11H2,(H,24,32)(H,25,30)(H,26,31)(H,28,29)(H,33,34). The molecule has 1 aliphatic heterocycles. The van der Waals surface area contributed by atoms with Crippen LogP contribution in [0.15, 0.2) is 24.3 Å². The fraction of sp³-hybridized carbons (Fsp3) is 0.500. The third-order valence-corrected chi connectivity index (χ3v) is 5.83. The molecule has 0 aromatic heterocycles. The van der Waals surface area contributed by atoms with Crippen molar-refractivity contribution in [3.8, 4) is 5.75 Å². The highest BCUT2D eigenvalue weighted by Gasteiger charge is 2.31. The van der Waals surface area contributed by atoms with Crippen LogP contribution in [0.3, 0.4) is 0 Å². The van der Waals surface area contributed by atoms with E-state index >= 15 is 0 Å². The highest BCUT2D eigenvalue weighted by atomic mass is 32.1. The Balaban J connectivity index is 2.20. The van der Waals surface area contributed by atoms with Crippen LogP contribution in [0.4, 0.5) is 0 Å². The first-order chi connectivity index (χ1) is 16.6. The van der Waals surface area contributed by atoms with Gasteiger partial charge in [-0.2, -0.15) is 12.6 Å². The van der Waals surface area contributed by atoms with Crippen LogP contribution >= 0.6 is 12.6 Å². The lowest BCUT2D eigenvalue weighted by atomic mass is 10.0. The van der Waals surface area contributed by atoms with Crippen molar-refractivity contribution in [3.63, 3.8) is 0 Å². The maximum Gasteiger partial charge on any atom is 0.327 e. The van der Waals surface area contributed by atoms with E-state index in [0.717, 1.165) is 6.42 Å². The summed E-state index contributed by atoms with van der Waals surface area (Å²) >= 11 is 3.88. The van der Waals surface area contributed by atoms with E-state index in [0.29, 0.717) is 18.5 Å². The lowest BCUT2D eigenvalue weighted by molar-refractivity contribution is -0.142. The van der Waals surface area contributed by atoms with Crippen LogP contribution < -0.4 is 21.3 Å². The van der Waals surface area contributed by atoms with E-state index in [1.54, 1.807) is 12.1 Å². The number of nitrogens with one attached hydrogen (secondary N) is 4. The molecule has 1 heterocycles. The van der Waals surface area contributed by atoms with Crippen molar-refractivity contribution in [1.82, 2.24) is 21.3 Å². The number of rotatable bonds is 13. The third kappa shape index (κ3) is 9.09. The van der Waals surface area contributed by atoms with Gasteiger partial charge < -0.3 is 36.6 Å². The molecule has 12 nitrogen and oxygen atoms in total. The van der Waals surface area contributed by atoms with Gasteiger partial charge in [-0.25, -0.2) is 4.79 Å². The Morgan fingerprint density at radius 1 is 0.971 bits per heavy atom. The number of carboxylic acids is 2. The predicted molar refractivity (Wildman–Crippen MR) is 127 cm³/mol. The molecule has 35 heavy (non-hydrogen) atoms. The van der Waals surface area contributed by atoms with Crippen LogP contribution in [0.5, 0.6) is 5.75 Å². The summed E-state index contributed by atoms with van der Waals surface area (Å²) in [6.45, 7) is 0.667. The Bertz CT molecular complexity index is 921. The summed E-state index contributed by atoms with van der Waals surface area (Å²) in [6, 6.07) is 1.73. The number of carboxylic acid groups (broad SMARTS) is 2. The topological polar surface area (TPSA) is 194 Å². The van der Waals surface area contributed by atoms with Crippen LogP contribution in [-0.2, 0) is 30.4 Å². The van der Waals surface area contributed by atoms with Crippen LogP contribution in [0.2, 0.25) is 0 Å². The first-order valence-corrected chi connectivity index (χ1v) is 11.7. The van der Waals surface area contributed by atoms with Gasteiger partial charge in [0.05, 0.1) is 6.04 Å². The number of hydrogen-bond acceptors (Lipinski definition) is 8. The second-order valence-electron chi connectivity index (χ2n) is 8.16. The molecular weight excluding hydrogens is 480 g/mol. The van der Waals surface area contributed by atoms with Crippen LogP contribution in [-0.4, -0.2) is 81.4 Å². The zero-order chi connectivity index (χ0) is 26.0. The van der Waals surface area contributed by atoms with E-state index in [1.165, 1.54) is 12.1 Å². The predicted octanol–water partition coefficient (Wildman–Crippen LogP) is -0.980. The van der Waals surface area contributed by atoms with Crippen LogP contribution in [0.25, 0.3) is 0 Å². The Hall–Kier alpha value is -3.32. The van der Waals surface area contributed by atoms with Crippen molar-refractivity contribution in [2.45, 2.75) is 56.3 Å². The summed E-state index contributed by atoms with van der Waals surface area (Å²) in [5.41, 5.74) is 0.621. The van der Waals surface area contributed by atoms with Gasteiger partial charge in [0.1, 0.15) is 23.9 Å². The fourth-order valence-corrected chi connectivity index (χ4v) is 3.77. The number of aliphatic carboxylic acids is 2. The SMILES string of the molecule is O=C(O)CCC(NC(=O)C(Cc1ccc(O)cc1)NC(=O)C1CCCN1)C(=O)NC(CS)C(=O)O. The highest BCUT2D eigenvalue weighted by Crippen LogP contribution is 2.13. The van der Waals surface area contributed by atoms with Crippen molar-refractivity contribution in [1.29, 1.82) is 0 Å². The van der Waals surface area contributed by atoms with E-state index in [9.17, 15) is 29.1 Å². The molecule has 4 unspecified atom stereocenters. The number of benzene rings is 1. The van der Waals surface area contributed by atoms with Crippen LogP contribution in [0, 0.1) is 0 Å². The minimum absolute atomic E-state index is 0.0246. The van der Waals surface area contributed by atoms with Gasteiger partial charge in [-0.1, -0.05) is 12.1 Å². The van der Waals surface area contributed by atoms with E-state index < -0.39 is 60.2 Å². The van der Waals surface area contributed by atoms with Crippen molar-refractivity contribution in [2.75, 3.05) is 12.3 Å². The second-order valence-corrected chi connectivity index (χ2v) is 8.52. The molecule has 0 aliphatic carbocycles. The Labute approximate surface area is 207 Å². The number of carbonyl (C=O) groups is 5. The van der Waals surface area contributed by atoms with Gasteiger partial charge >= 0.3 is 11.9 Å². The molecular formula is C22H30N4O8S. The molecule has 192 valence electrons. The molecule has 1 fully saturated rings. The number of aromatic hydroxyl groups is 1. The average molecular weight is 511 g/mol. The normalized spacial score (nSPS) is 17.6. The van der Waals surface area contributed by atoms with Crippen molar-refractivity contribution in [3.05, 3.63) is 29.8 Å². The maximum atomic E-state index is 13.2. The smallest absolute Gasteiger partial charge is 0.327 e. The molecule has 4 atom stereocenters. The molecule has 1 aliphatic rings. The molecule has 3 amide bonds. The van der Waals surface area contributed by atoms with Crippen LogP contribution in [0.1, 0.15) is 31.2 Å². The third-order valence-electron chi connectivity index (χ3n) is 5.46. The lowest BCUT2D eigenvalue weighted by Crippen LogP contribution is -2.57. The summed E-state index contributed by atoms with van der Waals surface area (Å²) in [5.74, 6) is -4.75. The number of carbonyl (C=O) groups excluding carboxylic acids is 3. The summed E-state index contributed by atoms with van der Waals surface area (Å²) in [6.07, 6.45) is 0.684. The Morgan fingerprint density at radius 3 is 2.14 bits per heavy atom. The first kappa shape index (κ1) is 27.9. The van der Waals surface area contributed by atoms with Crippen molar-refractivity contribution in [2.24, 2.45) is 0 Å². The van der Waals surface area contributed by atoms with Gasteiger partial charge in [-0.3, -0.25) is 19.2 Å². The molecule has 1 saturated heterocycles. The average Bonchev–Trinajstić information content (AvgIpc) is 3.35. The largest absolute Gasteiger partial charge is 0.508 e. The van der Waals surface area contributed by atoms with Gasteiger partial charge in [-0.15, -0.1) is 0 Å². The maximum absolute atomic E-state index is 13.2. The molecule has 1 aromatic carbocycles. The molecule has 0 spiro atoms. The van der Waals surface area contributed by atoms with Gasteiger partial charge in [0.15, 0.2) is 0 Å². The molecule has 0 radical (unpaired) electrons. The van der Waals surface area contributed by atoms with Gasteiger partial charge in [0, 0.05) is 18.6 Å². The Morgan fingerprint density at radius 2 is 1.60 bits per heavy atom. The summed E-state index contributed by atoms with van der Waals surface area (Å²) in [7, 11) is 0. The number of phenolic OH excluding ortho intramolecular Hbond substituents is 1. The van der Waals surface area contributed by atoms with Gasteiger partial charge in [0.25, 0.3) is 0 Å². The molecule has 13 heteroatoms. The molecule has 1 aromatic rings. The Kier molecular flexibility index (Phi) is 10.8. The van der Waals surface area contributed by atoms with E-state index in [2.05, 4.69) is 33.9 Å². The number of phenols is 1. The molecule has 0 saturated carbocycles. The van der Waals surface area contributed by atoms with Crippen molar-refractivity contribution < 1.29 is 39.3 Å². The lowest BCUT2D eigenvalue weighted by Gasteiger charge is -2.25. The molecule has 7 N–H and O–H groups in total. The minimum Gasteiger partial charge on any atom is -0.508 e. The zero-order valence-corrected chi connectivity index (χ0v) is 19.8. The number of amides is 3. The number of thiol groups is 1. The summed E-state index contributed by atoms with van der Waals surface area (Å²) in [4.78, 5) is 60.8. The molecule has 2 rings (SSSR count). The molecule has 0 bridgehead atoms. The summed E-state index contributed by atoms with van der Waals surface area (Å²) in [5, 5.41) is 38.1. The monoisotopic (exact) mass is 510 g/mol. The summed E-state index contributed by atoms with van der Waals surface area (Å²) < 4.78 is 0. The fourth-order valence-electron chi connectivity index (χ4n) is 3.52. The van der Waals surface area contributed by atoms with Crippen molar-refractivity contribution >= 4 is 42.3 Å². The second kappa shape index (κ2) is 13.5. The van der Waals surface area contributed by atoms with Gasteiger partial charge in [0.2, 0.25) is 17.7 Å². The first-order valence-electron chi connectivity index (χ1n) is 11.1. The van der Waals surface area contributed by atoms with E-state index in [-0.39, 0.29) is 24.3 Å². The van der Waals surface area contributed by atoms with E-state index in [1.807, 2.05) is 0 Å².